The van der Waals surface area contributed by atoms with Gasteiger partial charge in [-0.15, -0.1) is 5.10 Å². The smallest absolute Gasteiger partial charge is 0.264 e. The molecule has 2 rings (SSSR count). The quantitative estimate of drug-likeness (QED) is 0.791. The number of amides is 1. The van der Waals surface area contributed by atoms with E-state index in [2.05, 4.69) is 26.9 Å². The summed E-state index contributed by atoms with van der Waals surface area (Å²) in [7, 11) is 2.10. The summed E-state index contributed by atoms with van der Waals surface area (Å²) in [4.78, 5) is 14.5. The summed E-state index contributed by atoms with van der Waals surface area (Å²) in [5, 5.41) is 6.65. The first kappa shape index (κ1) is 10.5. The average molecular weight is 226 g/mol. The number of nitrogens with one attached hydrogen (secondary N) is 1. The van der Waals surface area contributed by atoms with Crippen molar-refractivity contribution in [3.63, 3.8) is 0 Å². The Bertz CT molecular complexity index is 319. The Balaban J connectivity index is 1.85. The van der Waals surface area contributed by atoms with Crippen LogP contribution in [0.3, 0.4) is 0 Å². The Hall–Kier alpha value is -1.01. The zero-order valence-electron chi connectivity index (χ0n) is 8.64. The first-order chi connectivity index (χ1) is 7.25. The molecule has 1 amide bonds. The summed E-state index contributed by atoms with van der Waals surface area (Å²) < 4.78 is 3.67. The van der Waals surface area contributed by atoms with Crippen LogP contribution in [-0.4, -0.2) is 46.6 Å². The van der Waals surface area contributed by atoms with Gasteiger partial charge in [0.1, 0.15) is 4.88 Å². The third-order valence-electron chi connectivity index (χ3n) is 2.64. The van der Waals surface area contributed by atoms with Crippen LogP contribution >= 0.6 is 11.5 Å². The molecule has 1 saturated heterocycles. The predicted molar refractivity (Wildman–Crippen MR) is 57.9 cm³/mol. The van der Waals surface area contributed by atoms with Gasteiger partial charge in [0.05, 0.1) is 6.20 Å². The summed E-state index contributed by atoms with van der Waals surface area (Å²) in [6.45, 7) is 2.10. The van der Waals surface area contributed by atoms with Gasteiger partial charge in [0.25, 0.3) is 5.91 Å². The zero-order valence-corrected chi connectivity index (χ0v) is 9.46. The SMILES string of the molecule is CN1CCC(NC(=O)c2cnns2)CC1. The molecular formula is C9H14N4OS. The lowest BCUT2D eigenvalue weighted by Crippen LogP contribution is -2.43. The van der Waals surface area contributed by atoms with Gasteiger partial charge in [0.15, 0.2) is 0 Å². The van der Waals surface area contributed by atoms with Crippen molar-refractivity contribution in [1.29, 1.82) is 0 Å². The third-order valence-corrected chi connectivity index (χ3v) is 3.30. The Kier molecular flexibility index (Phi) is 3.27. The van der Waals surface area contributed by atoms with Gasteiger partial charge in [-0.05, 0) is 44.5 Å². The van der Waals surface area contributed by atoms with Crippen molar-refractivity contribution in [3.8, 4) is 0 Å². The molecule has 15 heavy (non-hydrogen) atoms. The fourth-order valence-electron chi connectivity index (χ4n) is 1.68. The van der Waals surface area contributed by atoms with Gasteiger partial charge in [-0.3, -0.25) is 4.79 Å². The van der Waals surface area contributed by atoms with E-state index in [9.17, 15) is 4.79 Å². The summed E-state index contributed by atoms with van der Waals surface area (Å²) in [5.74, 6) is -0.0421. The fourth-order valence-corrected chi connectivity index (χ4v) is 2.10. The number of likely N-dealkylation sites (tertiary alicyclic amines) is 1. The van der Waals surface area contributed by atoms with Gasteiger partial charge >= 0.3 is 0 Å². The van der Waals surface area contributed by atoms with Crippen LogP contribution in [-0.2, 0) is 0 Å². The topological polar surface area (TPSA) is 58.1 Å². The maximum atomic E-state index is 11.7. The maximum Gasteiger partial charge on any atom is 0.264 e. The molecule has 0 saturated carbocycles. The Morgan fingerprint density at radius 3 is 2.93 bits per heavy atom. The van der Waals surface area contributed by atoms with Gasteiger partial charge in [-0.1, -0.05) is 4.49 Å². The van der Waals surface area contributed by atoms with E-state index in [1.807, 2.05) is 0 Å². The molecule has 0 atom stereocenters. The van der Waals surface area contributed by atoms with Gasteiger partial charge in [0, 0.05) is 6.04 Å². The second kappa shape index (κ2) is 4.67. The van der Waals surface area contributed by atoms with Crippen LogP contribution in [0, 0.1) is 0 Å². The van der Waals surface area contributed by atoms with Gasteiger partial charge in [-0.25, -0.2) is 0 Å². The minimum atomic E-state index is -0.0421. The molecule has 6 heteroatoms. The molecule has 2 heterocycles. The summed E-state index contributed by atoms with van der Waals surface area (Å²) in [5.41, 5.74) is 0. The Labute approximate surface area is 92.6 Å². The molecule has 1 aliphatic heterocycles. The van der Waals surface area contributed by atoms with Crippen molar-refractivity contribution in [3.05, 3.63) is 11.1 Å². The number of carbonyl (C=O) groups is 1. The first-order valence-electron chi connectivity index (χ1n) is 5.02. The van der Waals surface area contributed by atoms with E-state index >= 15 is 0 Å². The van der Waals surface area contributed by atoms with E-state index < -0.39 is 0 Å². The number of hydrogen-bond acceptors (Lipinski definition) is 5. The van der Waals surface area contributed by atoms with Crippen LogP contribution in [0.5, 0.6) is 0 Å². The van der Waals surface area contributed by atoms with Crippen LogP contribution in [0.1, 0.15) is 22.5 Å². The van der Waals surface area contributed by atoms with E-state index in [-0.39, 0.29) is 5.91 Å². The molecule has 0 aromatic carbocycles. The van der Waals surface area contributed by atoms with Crippen LogP contribution in [0.4, 0.5) is 0 Å². The Morgan fingerprint density at radius 1 is 1.60 bits per heavy atom. The monoisotopic (exact) mass is 226 g/mol. The average Bonchev–Trinajstić information content (AvgIpc) is 2.74. The molecule has 82 valence electrons. The van der Waals surface area contributed by atoms with Crippen LogP contribution in [0.2, 0.25) is 0 Å². The fraction of sp³-hybridized carbons (Fsp3) is 0.667. The lowest BCUT2D eigenvalue weighted by atomic mass is 10.1. The molecule has 0 bridgehead atoms. The van der Waals surface area contributed by atoms with Gasteiger partial charge < -0.3 is 10.2 Å². The summed E-state index contributed by atoms with van der Waals surface area (Å²) in [6.07, 6.45) is 3.55. The van der Waals surface area contributed by atoms with E-state index in [0.717, 1.165) is 37.5 Å². The number of aromatic nitrogens is 2. The van der Waals surface area contributed by atoms with E-state index in [4.69, 9.17) is 0 Å². The van der Waals surface area contributed by atoms with Crippen LogP contribution in [0.25, 0.3) is 0 Å². The number of hydrogen-bond donors (Lipinski definition) is 1. The molecule has 1 aliphatic rings. The first-order valence-corrected chi connectivity index (χ1v) is 5.80. The molecule has 0 spiro atoms. The van der Waals surface area contributed by atoms with Crippen molar-refractivity contribution < 1.29 is 4.79 Å². The van der Waals surface area contributed by atoms with Crippen molar-refractivity contribution in [2.45, 2.75) is 18.9 Å². The highest BCUT2D eigenvalue weighted by molar-refractivity contribution is 7.07. The normalized spacial score (nSPS) is 19.0. The minimum Gasteiger partial charge on any atom is -0.348 e. The van der Waals surface area contributed by atoms with Crippen LogP contribution in [0.15, 0.2) is 6.20 Å². The zero-order chi connectivity index (χ0) is 10.7. The Morgan fingerprint density at radius 2 is 2.33 bits per heavy atom. The molecule has 1 aromatic heterocycles. The highest BCUT2D eigenvalue weighted by atomic mass is 32.1. The van der Waals surface area contributed by atoms with E-state index in [1.54, 1.807) is 0 Å². The molecular weight excluding hydrogens is 212 g/mol. The molecule has 5 nitrogen and oxygen atoms in total. The van der Waals surface area contributed by atoms with Crippen molar-refractivity contribution in [2.24, 2.45) is 0 Å². The summed E-state index contributed by atoms with van der Waals surface area (Å²) >= 11 is 1.14. The van der Waals surface area contributed by atoms with Crippen LogP contribution < -0.4 is 5.32 Å². The highest BCUT2D eigenvalue weighted by Gasteiger charge is 2.19. The third kappa shape index (κ3) is 2.73. The molecule has 0 aliphatic carbocycles. The largest absolute Gasteiger partial charge is 0.348 e. The second-order valence-corrected chi connectivity index (χ2v) is 4.62. The number of nitrogens with zero attached hydrogens (tertiary/aromatic N) is 3. The molecule has 0 unspecified atom stereocenters. The lowest BCUT2D eigenvalue weighted by molar-refractivity contribution is 0.0921. The second-order valence-electron chi connectivity index (χ2n) is 3.83. The number of piperidine rings is 1. The van der Waals surface area contributed by atoms with E-state index in [1.165, 1.54) is 6.20 Å². The van der Waals surface area contributed by atoms with Crippen molar-refractivity contribution >= 4 is 17.4 Å². The molecule has 1 fully saturated rings. The van der Waals surface area contributed by atoms with Crippen molar-refractivity contribution in [2.75, 3.05) is 20.1 Å². The van der Waals surface area contributed by atoms with E-state index in [0.29, 0.717) is 10.9 Å². The summed E-state index contributed by atoms with van der Waals surface area (Å²) in [6, 6.07) is 0.302. The molecule has 1 aromatic rings. The highest BCUT2D eigenvalue weighted by Crippen LogP contribution is 2.10. The number of rotatable bonds is 2. The lowest BCUT2D eigenvalue weighted by Gasteiger charge is -2.29. The maximum absolute atomic E-state index is 11.7. The van der Waals surface area contributed by atoms with Gasteiger partial charge in [-0.2, -0.15) is 0 Å². The predicted octanol–water partition coefficient (Wildman–Crippen LogP) is 0.362. The minimum absolute atomic E-state index is 0.0421. The molecule has 0 radical (unpaired) electrons. The molecule has 1 N–H and O–H groups in total. The number of carbonyl (C=O) groups excluding carboxylic acids is 1. The van der Waals surface area contributed by atoms with Crippen molar-refractivity contribution in [1.82, 2.24) is 19.8 Å². The standard InChI is InChI=1S/C9H14N4OS/c1-13-4-2-7(3-5-13)11-9(14)8-6-10-12-15-8/h6-7H,2-5H2,1H3,(H,11,14). The van der Waals surface area contributed by atoms with Gasteiger partial charge in [0.2, 0.25) is 0 Å².